The van der Waals surface area contributed by atoms with Crippen LogP contribution in [-0.2, 0) is 20.7 Å². The summed E-state index contributed by atoms with van der Waals surface area (Å²) in [5, 5.41) is 3.62. The Morgan fingerprint density at radius 3 is 2.73 bits per heavy atom. The number of ether oxygens (including phenoxy) is 1. The van der Waals surface area contributed by atoms with Crippen LogP contribution in [0.5, 0.6) is 0 Å². The number of fused-ring (bicyclic) bond motifs is 1. The number of amides is 1. The zero-order chi connectivity index (χ0) is 18.4. The molecule has 1 N–H and O–H groups in total. The monoisotopic (exact) mass is 389 g/mol. The second kappa shape index (κ2) is 9.10. The zero-order valence-electron chi connectivity index (χ0n) is 14.2. The van der Waals surface area contributed by atoms with Crippen molar-refractivity contribution in [2.45, 2.75) is 30.2 Å². The molecule has 0 fully saturated rings. The van der Waals surface area contributed by atoms with Crippen LogP contribution in [-0.4, -0.2) is 24.2 Å². The van der Waals surface area contributed by atoms with Crippen LogP contribution in [0.1, 0.15) is 30.0 Å². The Labute approximate surface area is 162 Å². The zero-order valence-corrected chi connectivity index (χ0v) is 15.8. The molecule has 1 amide bonds. The minimum atomic E-state index is -0.413. The third-order valence-electron chi connectivity index (χ3n) is 4.24. The number of hydrogen-bond acceptors (Lipinski definition) is 4. The Kier molecular flexibility index (Phi) is 6.58. The summed E-state index contributed by atoms with van der Waals surface area (Å²) in [5.41, 5.74) is 2.44. The third kappa shape index (κ3) is 5.26. The maximum Gasteiger partial charge on any atom is 0.316 e. The van der Waals surface area contributed by atoms with Gasteiger partial charge < -0.3 is 10.1 Å². The number of rotatable bonds is 6. The molecule has 2 aromatic rings. The second-order valence-electron chi connectivity index (χ2n) is 6.11. The summed E-state index contributed by atoms with van der Waals surface area (Å²) < 4.78 is 5.08. The number of hydrogen-bond donors (Lipinski definition) is 1. The van der Waals surface area contributed by atoms with Crippen LogP contribution in [0.25, 0.3) is 0 Å². The highest BCUT2D eigenvalue weighted by Gasteiger charge is 2.21. The van der Waals surface area contributed by atoms with Gasteiger partial charge in [0.25, 0.3) is 5.91 Å². The molecule has 1 aliphatic carbocycles. The predicted molar refractivity (Wildman–Crippen MR) is 103 cm³/mol. The molecule has 0 saturated heterocycles. The van der Waals surface area contributed by atoms with Gasteiger partial charge in [-0.2, -0.15) is 0 Å². The van der Waals surface area contributed by atoms with Crippen LogP contribution in [0.4, 0.5) is 0 Å². The van der Waals surface area contributed by atoms with Crippen molar-refractivity contribution in [1.29, 1.82) is 0 Å². The van der Waals surface area contributed by atoms with Crippen molar-refractivity contribution in [2.75, 3.05) is 12.4 Å². The van der Waals surface area contributed by atoms with E-state index in [-0.39, 0.29) is 24.3 Å². The molecule has 6 heteroatoms. The summed E-state index contributed by atoms with van der Waals surface area (Å²) in [6.07, 6.45) is 2.99. The van der Waals surface area contributed by atoms with Crippen molar-refractivity contribution in [3.63, 3.8) is 0 Å². The van der Waals surface area contributed by atoms with Gasteiger partial charge in [0.15, 0.2) is 6.61 Å². The molecule has 2 aromatic carbocycles. The summed E-state index contributed by atoms with van der Waals surface area (Å²) >= 11 is 7.18. The minimum absolute atomic E-state index is 0.00501. The van der Waals surface area contributed by atoms with Gasteiger partial charge in [-0.3, -0.25) is 9.59 Å². The number of halogens is 1. The number of thioether (sulfide) groups is 1. The van der Waals surface area contributed by atoms with E-state index in [1.807, 2.05) is 30.3 Å². The van der Waals surface area contributed by atoms with E-state index in [9.17, 15) is 9.59 Å². The molecule has 1 unspecified atom stereocenters. The van der Waals surface area contributed by atoms with E-state index >= 15 is 0 Å². The number of carbonyl (C=O) groups is 2. The highest BCUT2D eigenvalue weighted by atomic mass is 35.5. The smallest absolute Gasteiger partial charge is 0.316 e. The Hall–Kier alpha value is -1.98. The number of benzene rings is 2. The van der Waals surface area contributed by atoms with Crippen LogP contribution in [0.2, 0.25) is 5.02 Å². The standard InChI is InChI=1S/C20H20ClNO3S/c21-15-8-10-16(11-9-15)26-13-20(24)25-12-19(23)22-18-7-3-5-14-4-1-2-6-17(14)18/h1-2,4,6,8-11,18H,3,5,7,12-13H2,(H,22,23). The molecule has 136 valence electrons. The average Bonchev–Trinajstić information content (AvgIpc) is 2.66. The fourth-order valence-corrected chi connectivity index (χ4v) is 3.82. The van der Waals surface area contributed by atoms with Crippen LogP contribution < -0.4 is 5.32 Å². The van der Waals surface area contributed by atoms with Crippen LogP contribution >= 0.6 is 23.4 Å². The molecular formula is C20H20ClNO3S. The predicted octanol–water partition coefficient (Wildman–Crippen LogP) is 4.17. The fraction of sp³-hybridized carbons (Fsp3) is 0.300. The summed E-state index contributed by atoms with van der Waals surface area (Å²) in [4.78, 5) is 24.9. The SMILES string of the molecule is O=C(COC(=O)CSc1ccc(Cl)cc1)NC1CCCc2ccccc21. The molecule has 3 rings (SSSR count). The molecule has 0 radical (unpaired) electrons. The van der Waals surface area contributed by atoms with E-state index in [4.69, 9.17) is 16.3 Å². The lowest BCUT2D eigenvalue weighted by atomic mass is 9.88. The molecule has 0 saturated carbocycles. The highest BCUT2D eigenvalue weighted by Crippen LogP contribution is 2.29. The van der Waals surface area contributed by atoms with E-state index in [2.05, 4.69) is 11.4 Å². The van der Waals surface area contributed by atoms with Gasteiger partial charge in [-0.25, -0.2) is 0 Å². The molecule has 0 aromatic heterocycles. The minimum Gasteiger partial charge on any atom is -0.455 e. The molecule has 26 heavy (non-hydrogen) atoms. The van der Waals surface area contributed by atoms with E-state index < -0.39 is 5.97 Å². The number of esters is 1. The molecule has 4 nitrogen and oxygen atoms in total. The van der Waals surface area contributed by atoms with E-state index in [1.165, 1.54) is 17.3 Å². The van der Waals surface area contributed by atoms with Crippen LogP contribution in [0, 0.1) is 0 Å². The molecular weight excluding hydrogens is 370 g/mol. The van der Waals surface area contributed by atoms with Gasteiger partial charge in [0.05, 0.1) is 11.8 Å². The van der Waals surface area contributed by atoms with Crippen molar-refractivity contribution >= 4 is 35.2 Å². The first-order valence-electron chi connectivity index (χ1n) is 8.53. The average molecular weight is 390 g/mol. The topological polar surface area (TPSA) is 55.4 Å². The van der Waals surface area contributed by atoms with Gasteiger partial charge >= 0.3 is 5.97 Å². The Bertz CT molecular complexity index is 779. The van der Waals surface area contributed by atoms with Crippen molar-refractivity contribution in [2.24, 2.45) is 0 Å². The third-order valence-corrected chi connectivity index (χ3v) is 5.48. The number of carbonyl (C=O) groups excluding carboxylic acids is 2. The second-order valence-corrected chi connectivity index (χ2v) is 7.60. The summed E-state index contributed by atoms with van der Waals surface area (Å²) in [6, 6.07) is 15.4. The quantitative estimate of drug-likeness (QED) is 0.595. The van der Waals surface area contributed by atoms with Crippen molar-refractivity contribution < 1.29 is 14.3 Å². The van der Waals surface area contributed by atoms with Gasteiger partial charge in [-0.15, -0.1) is 11.8 Å². The van der Waals surface area contributed by atoms with E-state index in [1.54, 1.807) is 12.1 Å². The number of aryl methyl sites for hydroxylation is 1. The molecule has 0 spiro atoms. The van der Waals surface area contributed by atoms with E-state index in [0.717, 1.165) is 29.7 Å². The first-order chi connectivity index (χ1) is 12.6. The van der Waals surface area contributed by atoms with Crippen LogP contribution in [0.15, 0.2) is 53.4 Å². The first kappa shape index (κ1) is 18.8. The van der Waals surface area contributed by atoms with Gasteiger partial charge in [-0.1, -0.05) is 35.9 Å². The number of nitrogens with one attached hydrogen (secondary N) is 1. The lowest BCUT2D eigenvalue weighted by Gasteiger charge is -2.26. The van der Waals surface area contributed by atoms with Crippen molar-refractivity contribution in [1.82, 2.24) is 5.32 Å². The fourth-order valence-electron chi connectivity index (χ4n) is 3.00. The maximum absolute atomic E-state index is 12.1. The molecule has 0 heterocycles. The van der Waals surface area contributed by atoms with Crippen LogP contribution in [0.3, 0.4) is 0 Å². The lowest BCUT2D eigenvalue weighted by molar-refractivity contribution is -0.146. The lowest BCUT2D eigenvalue weighted by Crippen LogP contribution is -2.34. The highest BCUT2D eigenvalue weighted by molar-refractivity contribution is 8.00. The summed E-state index contributed by atoms with van der Waals surface area (Å²) in [6.45, 7) is -0.251. The molecule has 1 atom stereocenters. The van der Waals surface area contributed by atoms with Crippen molar-refractivity contribution in [3.8, 4) is 0 Å². The Morgan fingerprint density at radius 1 is 1.15 bits per heavy atom. The van der Waals surface area contributed by atoms with Crippen molar-refractivity contribution in [3.05, 3.63) is 64.7 Å². The normalized spacial score (nSPS) is 15.8. The Balaban J connectivity index is 1.43. The first-order valence-corrected chi connectivity index (χ1v) is 9.89. The maximum atomic E-state index is 12.1. The largest absolute Gasteiger partial charge is 0.455 e. The van der Waals surface area contributed by atoms with Gasteiger partial charge in [0.2, 0.25) is 0 Å². The van der Waals surface area contributed by atoms with E-state index in [0.29, 0.717) is 5.02 Å². The molecule has 1 aliphatic rings. The Morgan fingerprint density at radius 2 is 1.92 bits per heavy atom. The molecule has 0 bridgehead atoms. The summed E-state index contributed by atoms with van der Waals surface area (Å²) in [5.74, 6) is -0.526. The van der Waals surface area contributed by atoms with Gasteiger partial charge in [0.1, 0.15) is 0 Å². The van der Waals surface area contributed by atoms with Gasteiger partial charge in [0, 0.05) is 9.92 Å². The van der Waals surface area contributed by atoms with Gasteiger partial charge in [-0.05, 0) is 54.7 Å². The summed E-state index contributed by atoms with van der Waals surface area (Å²) in [7, 11) is 0. The molecule has 0 aliphatic heterocycles.